The van der Waals surface area contributed by atoms with E-state index in [1.165, 1.54) is 24.2 Å². The molecule has 3 aromatic rings. The molecule has 3 fully saturated rings. The number of hydrogen-bond donors (Lipinski definition) is 2. The molecule has 2 saturated heterocycles. The van der Waals surface area contributed by atoms with Crippen LogP contribution >= 0.6 is 11.3 Å². The summed E-state index contributed by atoms with van der Waals surface area (Å²) in [6.07, 6.45) is 10.6. The van der Waals surface area contributed by atoms with Crippen molar-refractivity contribution >= 4 is 39.1 Å². The number of hydrogen-bond acceptors (Lipinski definition) is 10. The molecule has 182 valence electrons. The zero-order valence-electron chi connectivity index (χ0n) is 19.4. The Kier molecular flexibility index (Phi) is 6.58. The lowest BCUT2D eigenvalue weighted by Crippen LogP contribution is -2.46. The Balaban J connectivity index is 1.13. The summed E-state index contributed by atoms with van der Waals surface area (Å²) in [6.45, 7) is 5.45. The van der Waals surface area contributed by atoms with Crippen molar-refractivity contribution in [3.63, 3.8) is 0 Å². The molecule has 11 heteroatoms. The zero-order valence-corrected chi connectivity index (χ0v) is 20.2. The van der Waals surface area contributed by atoms with E-state index in [1.807, 2.05) is 22.6 Å². The fourth-order valence-corrected chi connectivity index (χ4v) is 5.98. The van der Waals surface area contributed by atoms with Gasteiger partial charge in [-0.05, 0) is 38.5 Å². The van der Waals surface area contributed by atoms with Crippen molar-refractivity contribution in [2.75, 3.05) is 50.2 Å². The summed E-state index contributed by atoms with van der Waals surface area (Å²) in [4.78, 5) is 17.5. The second-order valence-electron chi connectivity index (χ2n) is 9.38. The molecule has 0 amide bonds. The van der Waals surface area contributed by atoms with Gasteiger partial charge in [0.2, 0.25) is 5.95 Å². The first-order valence-electron chi connectivity index (χ1n) is 12.4. The summed E-state index contributed by atoms with van der Waals surface area (Å²) in [5.41, 5.74) is 3.59. The van der Waals surface area contributed by atoms with Crippen molar-refractivity contribution in [2.45, 2.75) is 56.7 Å². The van der Waals surface area contributed by atoms with Crippen molar-refractivity contribution in [3.8, 4) is 0 Å². The lowest BCUT2D eigenvalue weighted by Gasteiger charge is -2.39. The van der Waals surface area contributed by atoms with Gasteiger partial charge in [0.05, 0.1) is 36.7 Å². The van der Waals surface area contributed by atoms with E-state index in [1.54, 1.807) is 0 Å². The van der Waals surface area contributed by atoms with Crippen LogP contribution in [0.25, 0.3) is 10.3 Å². The second-order valence-corrected chi connectivity index (χ2v) is 10.2. The van der Waals surface area contributed by atoms with Gasteiger partial charge in [-0.1, -0.05) is 0 Å². The number of anilines is 3. The fraction of sp³-hybridized carbons (Fsp3) is 0.652. The Bertz CT molecular complexity index is 1080. The summed E-state index contributed by atoms with van der Waals surface area (Å²) < 4.78 is 13.0. The van der Waals surface area contributed by atoms with E-state index in [0.717, 1.165) is 87.1 Å². The van der Waals surface area contributed by atoms with E-state index in [9.17, 15) is 0 Å². The number of thiazole rings is 1. The number of aromatic nitrogens is 5. The maximum absolute atomic E-state index is 5.52. The predicted octanol–water partition coefficient (Wildman–Crippen LogP) is 3.43. The first kappa shape index (κ1) is 22.1. The number of morpholine rings is 1. The van der Waals surface area contributed by atoms with Gasteiger partial charge in [0.15, 0.2) is 10.6 Å². The number of nitrogens with zero attached hydrogens (tertiary/aromatic N) is 6. The quantitative estimate of drug-likeness (QED) is 0.545. The molecule has 2 aliphatic heterocycles. The second kappa shape index (κ2) is 10.1. The standard InChI is InChI=1S/C23H32N8O2S/c1-3-18(30-7-11-33-12-8-30)4-2-16(1)26-21-20-22(34-15-24-20)29-23(28-21)27-17-13-25-31(14-17)19-5-9-32-10-6-19/h13-16,18-19H,1-12H2,(H2,26,27,28,29)/t16-,18-. The van der Waals surface area contributed by atoms with E-state index in [-0.39, 0.29) is 0 Å². The van der Waals surface area contributed by atoms with E-state index in [4.69, 9.17) is 19.4 Å². The van der Waals surface area contributed by atoms with Gasteiger partial charge in [0.25, 0.3) is 0 Å². The van der Waals surface area contributed by atoms with Crippen LogP contribution in [-0.2, 0) is 9.47 Å². The van der Waals surface area contributed by atoms with Crippen molar-refractivity contribution in [1.82, 2.24) is 29.6 Å². The molecule has 5 heterocycles. The van der Waals surface area contributed by atoms with Gasteiger partial charge in [-0.15, -0.1) is 11.3 Å². The van der Waals surface area contributed by atoms with E-state index in [0.29, 0.717) is 24.1 Å². The Labute approximate surface area is 203 Å². The third kappa shape index (κ3) is 4.88. The minimum atomic E-state index is 0.388. The molecule has 2 N–H and O–H groups in total. The van der Waals surface area contributed by atoms with Crippen LogP contribution in [0.4, 0.5) is 17.5 Å². The molecule has 6 rings (SSSR count). The minimum absolute atomic E-state index is 0.388. The molecule has 10 nitrogen and oxygen atoms in total. The number of nitrogens with one attached hydrogen (secondary N) is 2. The van der Waals surface area contributed by atoms with Gasteiger partial charge < -0.3 is 20.1 Å². The molecule has 0 aromatic carbocycles. The normalized spacial score (nSPS) is 24.9. The number of rotatable bonds is 6. The average Bonchev–Trinajstić information content (AvgIpc) is 3.56. The summed E-state index contributed by atoms with van der Waals surface area (Å²) in [5.74, 6) is 1.40. The molecular formula is C23H32N8O2S. The highest BCUT2D eigenvalue weighted by atomic mass is 32.1. The molecule has 34 heavy (non-hydrogen) atoms. The van der Waals surface area contributed by atoms with Crippen LogP contribution in [0.5, 0.6) is 0 Å². The van der Waals surface area contributed by atoms with Crippen LogP contribution in [0, 0.1) is 0 Å². The molecule has 0 unspecified atom stereocenters. The summed E-state index contributed by atoms with van der Waals surface area (Å²) in [6, 6.07) is 1.47. The Hall–Kier alpha value is -2.34. The first-order chi connectivity index (χ1) is 16.8. The van der Waals surface area contributed by atoms with Crippen LogP contribution in [0.15, 0.2) is 17.9 Å². The average molecular weight is 485 g/mol. The Morgan fingerprint density at radius 2 is 1.71 bits per heavy atom. The van der Waals surface area contributed by atoms with Crippen LogP contribution in [0.2, 0.25) is 0 Å². The lowest BCUT2D eigenvalue weighted by atomic mass is 9.90. The molecule has 1 saturated carbocycles. The molecule has 0 atom stereocenters. The number of ether oxygens (including phenoxy) is 2. The first-order valence-corrected chi connectivity index (χ1v) is 13.3. The number of fused-ring (bicyclic) bond motifs is 1. The Morgan fingerprint density at radius 1 is 0.912 bits per heavy atom. The summed E-state index contributed by atoms with van der Waals surface area (Å²) >= 11 is 1.54. The van der Waals surface area contributed by atoms with Crippen molar-refractivity contribution in [3.05, 3.63) is 17.9 Å². The van der Waals surface area contributed by atoms with Crippen LogP contribution < -0.4 is 10.6 Å². The van der Waals surface area contributed by atoms with Crippen LogP contribution in [0.1, 0.15) is 44.6 Å². The van der Waals surface area contributed by atoms with Gasteiger partial charge in [-0.2, -0.15) is 15.1 Å². The van der Waals surface area contributed by atoms with Gasteiger partial charge in [0, 0.05) is 44.6 Å². The topological polar surface area (TPSA) is 102 Å². The van der Waals surface area contributed by atoms with E-state index in [2.05, 4.69) is 25.6 Å². The third-order valence-corrected chi connectivity index (χ3v) is 7.94. The molecule has 3 aliphatic rings. The van der Waals surface area contributed by atoms with Gasteiger partial charge in [0.1, 0.15) is 5.52 Å². The van der Waals surface area contributed by atoms with E-state index < -0.39 is 0 Å². The summed E-state index contributed by atoms with van der Waals surface area (Å²) in [5, 5.41) is 11.6. The molecular weight excluding hydrogens is 452 g/mol. The Morgan fingerprint density at radius 3 is 2.53 bits per heavy atom. The highest BCUT2D eigenvalue weighted by Crippen LogP contribution is 2.30. The molecule has 0 bridgehead atoms. The molecule has 0 spiro atoms. The smallest absolute Gasteiger partial charge is 0.230 e. The van der Waals surface area contributed by atoms with Crippen molar-refractivity contribution < 1.29 is 9.47 Å². The SMILES string of the molecule is c1nc2c(N[C@H]3CC[C@H](N4CCOCC4)CC3)nc(Nc3cnn(C4CCOCC4)c3)nc2s1. The lowest BCUT2D eigenvalue weighted by molar-refractivity contribution is 0.00791. The predicted molar refractivity (Wildman–Crippen MR) is 132 cm³/mol. The zero-order chi connectivity index (χ0) is 22.7. The van der Waals surface area contributed by atoms with Gasteiger partial charge in [-0.3, -0.25) is 9.58 Å². The highest BCUT2D eigenvalue weighted by Gasteiger charge is 2.27. The fourth-order valence-electron chi connectivity index (χ4n) is 5.32. The minimum Gasteiger partial charge on any atom is -0.381 e. The van der Waals surface area contributed by atoms with Crippen molar-refractivity contribution in [1.29, 1.82) is 0 Å². The van der Waals surface area contributed by atoms with Crippen molar-refractivity contribution in [2.24, 2.45) is 0 Å². The van der Waals surface area contributed by atoms with Crippen LogP contribution in [0.3, 0.4) is 0 Å². The third-order valence-electron chi connectivity index (χ3n) is 7.22. The maximum Gasteiger partial charge on any atom is 0.230 e. The summed E-state index contributed by atoms with van der Waals surface area (Å²) in [7, 11) is 0. The molecule has 1 aliphatic carbocycles. The van der Waals surface area contributed by atoms with Gasteiger partial charge >= 0.3 is 0 Å². The maximum atomic E-state index is 5.52. The van der Waals surface area contributed by atoms with E-state index >= 15 is 0 Å². The molecule has 3 aromatic heterocycles. The van der Waals surface area contributed by atoms with Gasteiger partial charge in [-0.25, -0.2) is 4.98 Å². The molecule has 0 radical (unpaired) electrons. The highest BCUT2D eigenvalue weighted by molar-refractivity contribution is 7.16. The van der Waals surface area contributed by atoms with Crippen LogP contribution in [-0.4, -0.2) is 81.2 Å². The monoisotopic (exact) mass is 484 g/mol. The largest absolute Gasteiger partial charge is 0.381 e.